The molecule has 2 aromatic heterocycles. The smallest absolute Gasteiger partial charge is 0.426 e. The molecular weight excluding hydrogens is 560 g/mol. The first-order valence-electron chi connectivity index (χ1n) is 12.7. The first-order chi connectivity index (χ1) is 19.8. The fourth-order valence-corrected chi connectivity index (χ4v) is 7.41. The molecule has 0 aliphatic carbocycles. The zero-order valence-corrected chi connectivity index (χ0v) is 23.9. The molecule has 5 aromatic rings. The Morgan fingerprint density at radius 1 is 0.902 bits per heavy atom. The number of nitrogens with zero attached hydrogens (tertiary/aromatic N) is 2. The number of anilines is 1. The number of hydrogen-bond acceptors (Lipinski definition) is 6. The van der Waals surface area contributed by atoms with E-state index >= 15 is 0 Å². The summed E-state index contributed by atoms with van der Waals surface area (Å²) in [5, 5.41) is 11.8. The van der Waals surface area contributed by atoms with Crippen LogP contribution in [0.15, 0.2) is 107 Å². The molecule has 8 nitrogen and oxygen atoms in total. The zero-order chi connectivity index (χ0) is 29.1. The van der Waals surface area contributed by atoms with Gasteiger partial charge in [-0.2, -0.15) is 4.31 Å². The first kappa shape index (κ1) is 27.9. The molecule has 5 rings (SSSR count). The summed E-state index contributed by atoms with van der Waals surface area (Å²) in [7, 11) is -4.89. The zero-order valence-electron chi connectivity index (χ0n) is 22.2. The van der Waals surface area contributed by atoms with Crippen LogP contribution in [0.4, 0.5) is 10.5 Å². The molecule has 208 valence electrons. The van der Waals surface area contributed by atoms with Gasteiger partial charge in [-0.25, -0.2) is 18.0 Å². The topological polar surface area (TPSA) is 106 Å². The van der Waals surface area contributed by atoms with Gasteiger partial charge in [0.2, 0.25) is 0 Å². The quantitative estimate of drug-likeness (QED) is 0.192. The maximum absolute atomic E-state index is 14.6. The Morgan fingerprint density at radius 2 is 1.46 bits per heavy atom. The maximum atomic E-state index is 14.6. The summed E-state index contributed by atoms with van der Waals surface area (Å²) in [6.07, 6.45) is -1.71. The summed E-state index contributed by atoms with van der Waals surface area (Å²) in [6.45, 7) is 3.24. The fraction of sp³-hybridized carbons (Fsp3) is 0.0968. The van der Waals surface area contributed by atoms with Crippen LogP contribution in [-0.4, -0.2) is 36.8 Å². The third kappa shape index (κ3) is 5.15. The molecule has 41 heavy (non-hydrogen) atoms. The lowest BCUT2D eigenvalue weighted by molar-refractivity contribution is 0.0521. The van der Waals surface area contributed by atoms with E-state index < -0.39 is 27.0 Å². The number of sulfonamides is 1. The standard InChI is InChI=1S/C31H26N2O6S2/c1-3-39-30(34)27-21(2)32(24-17-11-6-12-18-24)28(23-15-9-5-10-16-23)29(27)41(37,38)33(31(35)36)25-19-26(40-20-25)22-13-7-4-8-14-22/h4-20H,3H2,1-2H3,(H,35,36). The van der Waals surface area contributed by atoms with Crippen molar-refractivity contribution in [3.63, 3.8) is 0 Å². The van der Waals surface area contributed by atoms with E-state index in [1.54, 1.807) is 73.0 Å². The number of rotatable bonds is 8. The van der Waals surface area contributed by atoms with Crippen LogP contribution in [0, 0.1) is 6.92 Å². The second-order valence-electron chi connectivity index (χ2n) is 8.98. The first-order valence-corrected chi connectivity index (χ1v) is 15.0. The molecule has 0 radical (unpaired) electrons. The predicted octanol–water partition coefficient (Wildman–Crippen LogP) is 7.23. The van der Waals surface area contributed by atoms with Gasteiger partial charge in [-0.05, 0) is 43.2 Å². The van der Waals surface area contributed by atoms with Crippen LogP contribution in [0.5, 0.6) is 0 Å². The van der Waals surface area contributed by atoms with E-state index in [4.69, 9.17) is 4.74 Å². The third-order valence-corrected chi connectivity index (χ3v) is 9.18. The molecule has 0 unspecified atom stereocenters. The normalized spacial score (nSPS) is 11.3. The van der Waals surface area contributed by atoms with Gasteiger partial charge < -0.3 is 14.4 Å². The lowest BCUT2D eigenvalue weighted by Crippen LogP contribution is -2.36. The van der Waals surface area contributed by atoms with Crippen molar-refractivity contribution in [1.29, 1.82) is 0 Å². The van der Waals surface area contributed by atoms with Crippen LogP contribution in [0.25, 0.3) is 27.4 Å². The highest BCUT2D eigenvalue weighted by atomic mass is 32.2. The lowest BCUT2D eigenvalue weighted by atomic mass is 10.1. The highest BCUT2D eigenvalue weighted by Crippen LogP contribution is 2.42. The van der Waals surface area contributed by atoms with E-state index in [-0.39, 0.29) is 23.6 Å². The Balaban J connectivity index is 1.82. The number of benzene rings is 3. The number of para-hydroxylation sites is 1. The molecule has 1 N–H and O–H groups in total. The monoisotopic (exact) mass is 586 g/mol. The molecule has 0 aliphatic heterocycles. The average Bonchev–Trinajstić information content (AvgIpc) is 3.57. The van der Waals surface area contributed by atoms with Crippen LogP contribution in [0.1, 0.15) is 23.0 Å². The molecule has 0 fully saturated rings. The van der Waals surface area contributed by atoms with Crippen LogP contribution >= 0.6 is 11.3 Å². The van der Waals surface area contributed by atoms with Gasteiger partial charge in [0.25, 0.3) is 10.0 Å². The number of amides is 1. The largest absolute Gasteiger partial charge is 0.464 e. The van der Waals surface area contributed by atoms with E-state index in [9.17, 15) is 23.1 Å². The molecule has 10 heteroatoms. The number of ether oxygens (including phenoxy) is 1. The molecule has 0 bridgehead atoms. The van der Waals surface area contributed by atoms with Crippen LogP contribution < -0.4 is 4.31 Å². The van der Waals surface area contributed by atoms with Crippen molar-refractivity contribution in [3.05, 3.63) is 114 Å². The van der Waals surface area contributed by atoms with Gasteiger partial charge in [-0.15, -0.1) is 11.3 Å². The molecule has 0 spiro atoms. The van der Waals surface area contributed by atoms with Crippen molar-refractivity contribution >= 4 is 39.1 Å². The minimum Gasteiger partial charge on any atom is -0.464 e. The van der Waals surface area contributed by atoms with Gasteiger partial charge in [-0.1, -0.05) is 78.9 Å². The van der Waals surface area contributed by atoms with E-state index in [1.165, 1.54) is 22.8 Å². The maximum Gasteiger partial charge on any atom is 0.426 e. The summed E-state index contributed by atoms with van der Waals surface area (Å²) in [4.78, 5) is 26.4. The van der Waals surface area contributed by atoms with Gasteiger partial charge in [0.05, 0.1) is 18.0 Å². The van der Waals surface area contributed by atoms with E-state index in [0.29, 0.717) is 26.1 Å². The van der Waals surface area contributed by atoms with Gasteiger partial charge in [0.1, 0.15) is 10.5 Å². The van der Waals surface area contributed by atoms with E-state index in [1.807, 2.05) is 36.4 Å². The number of carbonyl (C=O) groups excluding carboxylic acids is 1. The highest BCUT2D eigenvalue weighted by Gasteiger charge is 2.41. The molecule has 0 saturated carbocycles. The molecule has 2 heterocycles. The number of carboxylic acid groups (broad SMARTS) is 1. The number of hydrogen-bond donors (Lipinski definition) is 1. The molecule has 0 aliphatic rings. The highest BCUT2D eigenvalue weighted by molar-refractivity contribution is 7.93. The Bertz CT molecular complexity index is 1810. The molecule has 3 aromatic carbocycles. The van der Waals surface area contributed by atoms with Crippen molar-refractivity contribution in [3.8, 4) is 27.4 Å². The van der Waals surface area contributed by atoms with Gasteiger partial charge in [-0.3, -0.25) is 0 Å². The summed E-state index contributed by atoms with van der Waals surface area (Å²) in [5.74, 6) is -0.865. The molecule has 1 amide bonds. The van der Waals surface area contributed by atoms with E-state index in [0.717, 1.165) is 5.56 Å². The number of aromatic nitrogens is 1. The SMILES string of the molecule is CCOC(=O)c1c(S(=O)(=O)N(C(=O)O)c2csc(-c3ccccc3)c2)c(-c2ccccc2)n(-c2ccccc2)c1C. The average molecular weight is 587 g/mol. The van der Waals surface area contributed by atoms with Gasteiger partial charge in [0.15, 0.2) is 0 Å². The van der Waals surface area contributed by atoms with Crippen LogP contribution in [-0.2, 0) is 14.8 Å². The summed E-state index contributed by atoms with van der Waals surface area (Å²) in [5.41, 5.74) is 2.07. The van der Waals surface area contributed by atoms with Crippen molar-refractivity contribution in [2.75, 3.05) is 10.9 Å². The number of esters is 1. The Hall–Kier alpha value is -4.67. The number of thiophene rings is 1. The van der Waals surface area contributed by atoms with Gasteiger partial charge in [0, 0.05) is 21.6 Å². The van der Waals surface area contributed by atoms with Crippen molar-refractivity contribution in [2.45, 2.75) is 18.7 Å². The lowest BCUT2D eigenvalue weighted by Gasteiger charge is -2.20. The summed E-state index contributed by atoms with van der Waals surface area (Å²) < 4.78 is 36.4. The molecule has 0 atom stereocenters. The van der Waals surface area contributed by atoms with Crippen molar-refractivity contribution < 1.29 is 27.9 Å². The van der Waals surface area contributed by atoms with Crippen LogP contribution in [0.3, 0.4) is 0 Å². The third-order valence-electron chi connectivity index (χ3n) is 6.45. The van der Waals surface area contributed by atoms with E-state index in [2.05, 4.69) is 0 Å². The summed E-state index contributed by atoms with van der Waals surface area (Å²) >= 11 is 1.22. The fourth-order valence-electron chi connectivity index (χ4n) is 4.74. The molecular formula is C31H26N2O6S2. The van der Waals surface area contributed by atoms with Crippen LogP contribution in [0.2, 0.25) is 0 Å². The minimum atomic E-state index is -4.89. The number of carbonyl (C=O) groups is 2. The van der Waals surface area contributed by atoms with Gasteiger partial charge >= 0.3 is 12.1 Å². The summed E-state index contributed by atoms with van der Waals surface area (Å²) in [6, 6.07) is 28.4. The van der Waals surface area contributed by atoms with Crippen molar-refractivity contribution in [1.82, 2.24) is 4.57 Å². The predicted molar refractivity (Wildman–Crippen MR) is 159 cm³/mol. The minimum absolute atomic E-state index is 0.00254. The van der Waals surface area contributed by atoms with Crippen molar-refractivity contribution in [2.24, 2.45) is 0 Å². The molecule has 0 saturated heterocycles. The Kier molecular flexibility index (Phi) is 7.78. The Labute approximate surface area is 241 Å². The second kappa shape index (κ2) is 11.4. The Morgan fingerprint density at radius 3 is 2.02 bits per heavy atom. The second-order valence-corrected chi connectivity index (χ2v) is 11.6.